The normalized spacial score (nSPS) is 20.4. The Morgan fingerprint density at radius 1 is 1.40 bits per heavy atom. The first-order chi connectivity index (χ1) is 12.0. The van der Waals surface area contributed by atoms with E-state index in [4.69, 9.17) is 23.8 Å². The van der Waals surface area contributed by atoms with E-state index in [0.717, 1.165) is 16.4 Å². The largest absolute Gasteiger partial charge is 0.352 e. The fourth-order valence-corrected chi connectivity index (χ4v) is 5.27. The minimum atomic E-state index is 0.0721. The fraction of sp³-hybridized carbons (Fsp3) is 0.471. The van der Waals surface area contributed by atoms with Crippen molar-refractivity contribution in [3.8, 4) is 5.69 Å². The standard InChI is InChI=1S/C17H20ClN3OS3/c1-11-4-2-3-5-14(11)19-15(22)10-24-16-20-21(17(23)25-16)13-8-6-12(18)7-9-13/h6-9,11,14H,2-5,10H2,1H3,(H,19,22). The maximum Gasteiger partial charge on any atom is 0.230 e. The predicted molar refractivity (Wildman–Crippen MR) is 108 cm³/mol. The van der Waals surface area contributed by atoms with Crippen LogP contribution in [0.1, 0.15) is 32.6 Å². The highest BCUT2D eigenvalue weighted by Crippen LogP contribution is 2.26. The molecule has 2 atom stereocenters. The lowest BCUT2D eigenvalue weighted by molar-refractivity contribution is -0.119. The molecule has 1 saturated carbocycles. The van der Waals surface area contributed by atoms with Gasteiger partial charge in [0.2, 0.25) is 5.91 Å². The Bertz CT molecular complexity index is 787. The minimum absolute atomic E-state index is 0.0721. The van der Waals surface area contributed by atoms with Crippen LogP contribution in [0.3, 0.4) is 0 Å². The maximum atomic E-state index is 12.2. The summed E-state index contributed by atoms with van der Waals surface area (Å²) in [5, 5.41) is 8.36. The van der Waals surface area contributed by atoms with Crippen LogP contribution in [0.5, 0.6) is 0 Å². The Morgan fingerprint density at radius 2 is 2.12 bits per heavy atom. The monoisotopic (exact) mass is 413 g/mol. The molecule has 0 aliphatic heterocycles. The van der Waals surface area contributed by atoms with Gasteiger partial charge in [0.1, 0.15) is 0 Å². The van der Waals surface area contributed by atoms with E-state index >= 15 is 0 Å². The van der Waals surface area contributed by atoms with E-state index in [9.17, 15) is 4.79 Å². The Kier molecular flexibility index (Phi) is 6.55. The molecule has 2 aromatic rings. The van der Waals surface area contributed by atoms with Gasteiger partial charge >= 0.3 is 0 Å². The third kappa shape index (κ3) is 5.06. The van der Waals surface area contributed by atoms with Gasteiger partial charge in [0, 0.05) is 11.1 Å². The third-order valence-electron chi connectivity index (χ3n) is 4.39. The van der Waals surface area contributed by atoms with Crippen LogP contribution in [0.25, 0.3) is 5.69 Å². The molecule has 134 valence electrons. The van der Waals surface area contributed by atoms with Crippen molar-refractivity contribution in [1.29, 1.82) is 0 Å². The quantitative estimate of drug-likeness (QED) is 0.546. The Hall–Kier alpha value is -0.890. The zero-order valence-corrected chi connectivity index (χ0v) is 17.1. The molecule has 25 heavy (non-hydrogen) atoms. The van der Waals surface area contributed by atoms with Crippen LogP contribution in [0.2, 0.25) is 5.02 Å². The number of thioether (sulfide) groups is 1. The third-order valence-corrected chi connectivity index (χ3v) is 7.00. The molecule has 2 unspecified atom stereocenters. The molecule has 1 aliphatic carbocycles. The van der Waals surface area contributed by atoms with Crippen LogP contribution in [0.4, 0.5) is 0 Å². The van der Waals surface area contributed by atoms with Gasteiger partial charge < -0.3 is 5.32 Å². The van der Waals surface area contributed by atoms with Crippen molar-refractivity contribution in [2.75, 3.05) is 5.75 Å². The van der Waals surface area contributed by atoms with Crippen LogP contribution in [0.15, 0.2) is 28.6 Å². The van der Waals surface area contributed by atoms with Gasteiger partial charge in [-0.3, -0.25) is 4.79 Å². The second-order valence-corrected chi connectivity index (χ2v) is 9.53. The maximum absolute atomic E-state index is 12.2. The van der Waals surface area contributed by atoms with Crippen molar-refractivity contribution in [3.05, 3.63) is 33.2 Å². The van der Waals surface area contributed by atoms with Gasteiger partial charge in [-0.1, -0.05) is 54.5 Å². The van der Waals surface area contributed by atoms with Crippen molar-refractivity contribution in [2.24, 2.45) is 5.92 Å². The summed E-state index contributed by atoms with van der Waals surface area (Å²) in [6.07, 6.45) is 4.76. The average Bonchev–Trinajstić information content (AvgIpc) is 2.97. The van der Waals surface area contributed by atoms with E-state index in [-0.39, 0.29) is 5.91 Å². The number of hydrogen-bond donors (Lipinski definition) is 1. The molecule has 1 heterocycles. The molecular weight excluding hydrogens is 394 g/mol. The second-order valence-electron chi connectivity index (χ2n) is 6.25. The number of halogens is 1. The van der Waals surface area contributed by atoms with Gasteiger partial charge in [0.15, 0.2) is 8.29 Å². The van der Waals surface area contributed by atoms with Crippen LogP contribution in [-0.2, 0) is 4.79 Å². The Labute approximate surface area is 166 Å². The SMILES string of the molecule is CC1CCCCC1NC(=O)CSc1nn(-c2ccc(Cl)cc2)c(=S)s1. The number of amides is 1. The lowest BCUT2D eigenvalue weighted by Crippen LogP contribution is -2.41. The van der Waals surface area contributed by atoms with Crippen molar-refractivity contribution >= 4 is 52.8 Å². The van der Waals surface area contributed by atoms with Crippen LogP contribution >= 0.6 is 46.9 Å². The second kappa shape index (κ2) is 8.66. The van der Waals surface area contributed by atoms with Crippen molar-refractivity contribution in [1.82, 2.24) is 15.1 Å². The molecule has 1 N–H and O–H groups in total. The Balaban J connectivity index is 1.58. The molecule has 1 aromatic heterocycles. The summed E-state index contributed by atoms with van der Waals surface area (Å²) >= 11 is 14.2. The molecule has 0 spiro atoms. The average molecular weight is 414 g/mol. The van der Waals surface area contributed by atoms with Gasteiger partial charge in [0.05, 0.1) is 11.4 Å². The first kappa shape index (κ1) is 18.9. The van der Waals surface area contributed by atoms with Gasteiger partial charge in [-0.25, -0.2) is 4.68 Å². The number of benzene rings is 1. The van der Waals surface area contributed by atoms with E-state index in [1.807, 2.05) is 24.3 Å². The highest BCUT2D eigenvalue weighted by atomic mass is 35.5. The van der Waals surface area contributed by atoms with E-state index in [2.05, 4.69) is 17.3 Å². The highest BCUT2D eigenvalue weighted by molar-refractivity contribution is 8.01. The van der Waals surface area contributed by atoms with Gasteiger partial charge in [-0.05, 0) is 55.2 Å². The molecule has 8 heteroatoms. The molecule has 1 amide bonds. The summed E-state index contributed by atoms with van der Waals surface area (Å²) in [5.74, 6) is 1.00. The summed E-state index contributed by atoms with van der Waals surface area (Å²) in [4.78, 5) is 12.2. The first-order valence-corrected chi connectivity index (χ1v) is 10.9. The first-order valence-electron chi connectivity index (χ1n) is 8.31. The highest BCUT2D eigenvalue weighted by Gasteiger charge is 2.22. The molecule has 0 radical (unpaired) electrons. The summed E-state index contributed by atoms with van der Waals surface area (Å²) < 4.78 is 3.16. The molecular formula is C17H20ClN3OS3. The fourth-order valence-electron chi connectivity index (χ4n) is 2.97. The van der Waals surface area contributed by atoms with E-state index in [0.29, 0.717) is 26.7 Å². The number of hydrogen-bond acceptors (Lipinski definition) is 5. The smallest absolute Gasteiger partial charge is 0.230 e. The number of carbonyl (C=O) groups excluding carboxylic acids is 1. The van der Waals surface area contributed by atoms with E-state index in [1.54, 1.807) is 4.68 Å². The lowest BCUT2D eigenvalue weighted by Gasteiger charge is -2.29. The van der Waals surface area contributed by atoms with Gasteiger partial charge in [0.25, 0.3) is 0 Å². The topological polar surface area (TPSA) is 46.9 Å². The zero-order valence-electron chi connectivity index (χ0n) is 13.9. The van der Waals surface area contributed by atoms with E-state index in [1.165, 1.54) is 42.4 Å². The number of nitrogens with zero attached hydrogens (tertiary/aromatic N) is 2. The van der Waals surface area contributed by atoms with Crippen LogP contribution in [0, 0.1) is 9.87 Å². The molecule has 0 bridgehead atoms. The van der Waals surface area contributed by atoms with Crippen molar-refractivity contribution < 1.29 is 4.79 Å². The van der Waals surface area contributed by atoms with Crippen LogP contribution in [-0.4, -0.2) is 27.5 Å². The number of aromatic nitrogens is 2. The molecule has 4 nitrogen and oxygen atoms in total. The molecule has 3 rings (SSSR count). The van der Waals surface area contributed by atoms with Gasteiger partial charge in [-0.2, -0.15) is 0 Å². The summed E-state index contributed by atoms with van der Waals surface area (Å²) in [7, 11) is 0. The number of rotatable bonds is 5. The molecule has 1 fully saturated rings. The van der Waals surface area contributed by atoms with E-state index < -0.39 is 0 Å². The van der Waals surface area contributed by atoms with Gasteiger partial charge in [-0.15, -0.1) is 5.10 Å². The summed E-state index contributed by atoms with van der Waals surface area (Å²) in [5.41, 5.74) is 0.873. The predicted octanol–water partition coefficient (Wildman–Crippen LogP) is 5.10. The number of nitrogens with one attached hydrogen (secondary N) is 1. The van der Waals surface area contributed by atoms with Crippen molar-refractivity contribution in [3.63, 3.8) is 0 Å². The summed E-state index contributed by atoms with van der Waals surface area (Å²) in [6, 6.07) is 7.69. The Morgan fingerprint density at radius 3 is 2.84 bits per heavy atom. The van der Waals surface area contributed by atoms with Crippen molar-refractivity contribution in [2.45, 2.75) is 43.0 Å². The molecule has 1 aromatic carbocycles. The number of carbonyl (C=O) groups is 1. The minimum Gasteiger partial charge on any atom is -0.352 e. The molecule has 1 aliphatic rings. The zero-order chi connectivity index (χ0) is 17.8. The molecule has 0 saturated heterocycles. The summed E-state index contributed by atoms with van der Waals surface area (Å²) in [6.45, 7) is 2.22. The lowest BCUT2D eigenvalue weighted by atomic mass is 9.86. The van der Waals surface area contributed by atoms with Crippen LogP contribution < -0.4 is 5.32 Å².